The van der Waals surface area contributed by atoms with Gasteiger partial charge in [-0.15, -0.1) is 0 Å². The van der Waals surface area contributed by atoms with Gasteiger partial charge in [0.25, 0.3) is 0 Å². The van der Waals surface area contributed by atoms with Crippen LogP contribution in [0.25, 0.3) is 0 Å². The quantitative estimate of drug-likeness (QED) is 0.729. The van der Waals surface area contributed by atoms with Crippen LogP contribution in [0.1, 0.15) is 54.4 Å². The van der Waals surface area contributed by atoms with Crippen LogP contribution in [0, 0.1) is 5.41 Å². The lowest BCUT2D eigenvalue weighted by molar-refractivity contribution is -0.136. The summed E-state index contributed by atoms with van der Waals surface area (Å²) in [6.45, 7) is 11.8. The van der Waals surface area contributed by atoms with Gasteiger partial charge in [0.05, 0.1) is 6.10 Å². The Morgan fingerprint density at radius 2 is 1.75 bits per heavy atom. The number of carbonyl (C=O) groups is 1. The van der Waals surface area contributed by atoms with Crippen molar-refractivity contribution >= 4 is 5.97 Å². The molecule has 0 bridgehead atoms. The van der Waals surface area contributed by atoms with E-state index in [1.165, 1.54) is 5.57 Å². The molecule has 1 atom stereocenters. The summed E-state index contributed by atoms with van der Waals surface area (Å²) in [5, 5.41) is 17.1. The van der Waals surface area contributed by atoms with Crippen molar-refractivity contribution in [3.8, 4) is 0 Å². The highest BCUT2D eigenvalue weighted by Gasteiger charge is 2.22. The van der Waals surface area contributed by atoms with Crippen molar-refractivity contribution in [3.63, 3.8) is 0 Å². The third-order valence-corrected chi connectivity index (χ3v) is 2.47. The molecule has 3 heteroatoms. The third kappa shape index (κ3) is 11.2. The van der Waals surface area contributed by atoms with E-state index in [9.17, 15) is 9.90 Å². The highest BCUT2D eigenvalue weighted by Crippen LogP contribution is 2.25. The van der Waals surface area contributed by atoms with Crippen LogP contribution >= 0.6 is 0 Å². The minimum absolute atomic E-state index is 0.0112. The number of hydrogen-bond acceptors (Lipinski definition) is 2. The molecule has 2 N–H and O–H groups in total. The number of rotatable bonds is 4. The maximum atomic E-state index is 9.37. The normalized spacial score (nSPS) is 12.2. The van der Waals surface area contributed by atoms with Gasteiger partial charge in [0.15, 0.2) is 0 Å². The van der Waals surface area contributed by atoms with Gasteiger partial charge in [0.1, 0.15) is 0 Å². The molecule has 0 aliphatic heterocycles. The van der Waals surface area contributed by atoms with Crippen molar-refractivity contribution < 1.29 is 15.0 Å². The molecule has 16 heavy (non-hydrogen) atoms. The van der Waals surface area contributed by atoms with Gasteiger partial charge < -0.3 is 10.2 Å². The number of hydrogen-bond donors (Lipinski definition) is 2. The summed E-state index contributed by atoms with van der Waals surface area (Å²) in [5.74, 6) is -0.745. The van der Waals surface area contributed by atoms with Crippen LogP contribution in [0.3, 0.4) is 0 Å². The summed E-state index contributed by atoms with van der Waals surface area (Å²) >= 11 is 0. The van der Waals surface area contributed by atoms with Gasteiger partial charge in [-0.05, 0) is 32.6 Å². The van der Waals surface area contributed by atoms with Crippen molar-refractivity contribution in [2.45, 2.75) is 60.5 Å². The minimum Gasteiger partial charge on any atom is -0.481 e. The first kappa shape index (κ1) is 17.6. The van der Waals surface area contributed by atoms with Gasteiger partial charge in [-0.2, -0.15) is 0 Å². The third-order valence-electron chi connectivity index (χ3n) is 2.47. The molecular weight excluding hydrogens is 204 g/mol. The lowest BCUT2D eigenvalue weighted by Gasteiger charge is -2.26. The molecule has 0 aromatic rings. The van der Waals surface area contributed by atoms with Gasteiger partial charge in [0, 0.05) is 6.42 Å². The molecule has 0 saturated carbocycles. The first-order valence-corrected chi connectivity index (χ1v) is 5.66. The number of carboxylic acid groups (broad SMARTS) is 1. The summed E-state index contributed by atoms with van der Waals surface area (Å²) in [5.41, 5.74) is 1.33. The molecule has 0 radical (unpaired) electrons. The molecule has 0 aliphatic rings. The van der Waals surface area contributed by atoms with E-state index < -0.39 is 5.97 Å². The molecule has 0 aromatic heterocycles. The highest BCUT2D eigenvalue weighted by molar-refractivity contribution is 5.66. The summed E-state index contributed by atoms with van der Waals surface area (Å²) in [7, 11) is 0. The monoisotopic (exact) mass is 230 g/mol. The first-order valence-electron chi connectivity index (χ1n) is 5.66. The average molecular weight is 230 g/mol. The lowest BCUT2D eigenvalue weighted by Crippen LogP contribution is -2.25. The molecule has 0 rings (SSSR count). The number of aliphatic hydroxyl groups is 1. The van der Waals surface area contributed by atoms with Crippen molar-refractivity contribution in [1.82, 2.24) is 0 Å². The van der Waals surface area contributed by atoms with Crippen LogP contribution in [0.2, 0.25) is 0 Å². The Bertz CT molecular complexity index is 223. The van der Waals surface area contributed by atoms with Gasteiger partial charge >= 0.3 is 5.97 Å². The fourth-order valence-electron chi connectivity index (χ4n) is 0.638. The van der Waals surface area contributed by atoms with E-state index in [4.69, 9.17) is 5.11 Å². The number of aliphatic hydroxyl groups excluding tert-OH is 1. The molecule has 0 amide bonds. The minimum atomic E-state index is -0.745. The summed E-state index contributed by atoms with van der Waals surface area (Å²) in [4.78, 5) is 9.37. The zero-order valence-corrected chi connectivity index (χ0v) is 11.4. The van der Waals surface area contributed by atoms with E-state index in [1.54, 1.807) is 6.92 Å². The summed E-state index contributed by atoms with van der Waals surface area (Å²) < 4.78 is 0. The van der Waals surface area contributed by atoms with E-state index in [-0.39, 0.29) is 17.9 Å². The Labute approximate surface area is 99.2 Å². The maximum Gasteiger partial charge on any atom is 0.303 e. The molecular formula is C13H26O3. The Morgan fingerprint density at radius 3 is 1.94 bits per heavy atom. The number of allylic oxidation sites excluding steroid dienone is 2. The Hall–Kier alpha value is -0.830. The van der Waals surface area contributed by atoms with Gasteiger partial charge in [-0.3, -0.25) is 4.79 Å². The number of carboxylic acids is 1. The predicted molar refractivity (Wildman–Crippen MR) is 67.4 cm³/mol. The van der Waals surface area contributed by atoms with E-state index in [2.05, 4.69) is 33.8 Å². The van der Waals surface area contributed by atoms with E-state index in [1.807, 2.05) is 6.92 Å². The van der Waals surface area contributed by atoms with Gasteiger partial charge in [-0.25, -0.2) is 0 Å². The smallest absolute Gasteiger partial charge is 0.303 e. The van der Waals surface area contributed by atoms with Crippen LogP contribution in [0.5, 0.6) is 0 Å². The molecule has 0 fully saturated rings. The zero-order valence-electron chi connectivity index (χ0n) is 11.4. The predicted octanol–water partition coefficient (Wildman–Crippen LogP) is 3.23. The molecule has 0 spiro atoms. The molecule has 0 heterocycles. The van der Waals surface area contributed by atoms with Crippen molar-refractivity contribution in [2.24, 2.45) is 5.41 Å². The Morgan fingerprint density at radius 1 is 1.38 bits per heavy atom. The topological polar surface area (TPSA) is 57.5 Å². The van der Waals surface area contributed by atoms with Gasteiger partial charge in [-0.1, -0.05) is 32.4 Å². The molecule has 0 saturated heterocycles. The molecule has 96 valence electrons. The Balaban J connectivity index is 0. The maximum absolute atomic E-state index is 9.37. The van der Waals surface area contributed by atoms with E-state index in [0.29, 0.717) is 0 Å². The van der Waals surface area contributed by atoms with Crippen molar-refractivity contribution in [1.29, 1.82) is 0 Å². The van der Waals surface area contributed by atoms with Crippen LogP contribution in [0.15, 0.2) is 11.6 Å². The molecule has 0 aromatic carbocycles. The second-order valence-electron chi connectivity index (χ2n) is 4.90. The second-order valence-corrected chi connectivity index (χ2v) is 4.90. The van der Waals surface area contributed by atoms with Crippen LogP contribution in [-0.2, 0) is 4.79 Å². The number of aliphatic carboxylic acids is 1. The molecule has 0 aliphatic carbocycles. The zero-order chi connectivity index (χ0) is 13.4. The van der Waals surface area contributed by atoms with Crippen molar-refractivity contribution in [2.75, 3.05) is 0 Å². The SMILES string of the molecule is CC(C)=CCC(C)(C)C(C)O.CCC(=O)O. The first-order chi connectivity index (χ1) is 7.13. The van der Waals surface area contributed by atoms with Crippen molar-refractivity contribution in [3.05, 3.63) is 11.6 Å². The standard InChI is InChI=1S/C10H20O.C3H6O2/c1-8(2)6-7-10(4,5)9(3)11;1-2-3(4)5/h6,9,11H,7H2,1-5H3;2H2,1H3,(H,4,5). The highest BCUT2D eigenvalue weighted by atomic mass is 16.4. The van der Waals surface area contributed by atoms with E-state index in [0.717, 1.165) is 6.42 Å². The summed E-state index contributed by atoms with van der Waals surface area (Å²) in [6, 6.07) is 0. The fourth-order valence-corrected chi connectivity index (χ4v) is 0.638. The van der Waals surface area contributed by atoms with Crippen LogP contribution < -0.4 is 0 Å². The van der Waals surface area contributed by atoms with Gasteiger partial charge in [0.2, 0.25) is 0 Å². The van der Waals surface area contributed by atoms with E-state index >= 15 is 0 Å². The Kier molecular flexibility index (Phi) is 9.15. The van der Waals surface area contributed by atoms with Crippen LogP contribution in [0.4, 0.5) is 0 Å². The molecule has 1 unspecified atom stereocenters. The largest absolute Gasteiger partial charge is 0.481 e. The van der Waals surface area contributed by atoms with Crippen LogP contribution in [-0.4, -0.2) is 22.3 Å². The summed E-state index contributed by atoms with van der Waals surface area (Å²) in [6.07, 6.45) is 3.11. The second kappa shape index (κ2) is 8.34. The lowest BCUT2D eigenvalue weighted by atomic mass is 9.83. The molecule has 3 nitrogen and oxygen atoms in total. The fraction of sp³-hybridized carbons (Fsp3) is 0.769. The average Bonchev–Trinajstić information content (AvgIpc) is 2.15.